The Balaban J connectivity index is 0.00000181. The third kappa shape index (κ3) is 5.11. The number of halogens is 1. The molecule has 0 fully saturated rings. The van der Waals surface area contributed by atoms with Crippen LogP contribution in [-0.4, -0.2) is 47.5 Å². The van der Waals surface area contributed by atoms with Gasteiger partial charge in [-0.15, -0.1) is 0 Å². The van der Waals surface area contributed by atoms with E-state index in [1.807, 2.05) is 48.5 Å². The van der Waals surface area contributed by atoms with Crippen molar-refractivity contribution in [2.75, 3.05) is 0 Å². The first-order valence-electron chi connectivity index (χ1n) is 18.7. The molecule has 268 valence electrons. The van der Waals surface area contributed by atoms with E-state index in [2.05, 4.69) is 97.1 Å². The number of benzene rings is 8. The molecule has 13 rings (SSSR count). The molecule has 2 radical (unpaired) electrons. The van der Waals surface area contributed by atoms with Crippen LogP contribution in [0, 0.1) is 0 Å². The first kappa shape index (κ1) is 33.2. The van der Waals surface area contributed by atoms with Gasteiger partial charge in [-0.05, 0) is 113 Å². The molecule has 2 aliphatic rings. The Morgan fingerprint density at radius 1 is 0.293 bits per heavy atom. The summed E-state index contributed by atoms with van der Waals surface area (Å²) >= 11 is 1.16. The summed E-state index contributed by atoms with van der Waals surface area (Å²) in [6.07, 6.45) is 0. The van der Waals surface area contributed by atoms with Crippen molar-refractivity contribution in [3.63, 3.8) is 0 Å². The van der Waals surface area contributed by atoms with Crippen molar-refractivity contribution in [3.05, 3.63) is 146 Å². The van der Waals surface area contributed by atoms with Gasteiger partial charge in [0.2, 0.25) is 0 Å². The van der Waals surface area contributed by atoms with Gasteiger partial charge in [0, 0.05) is 44.8 Å². The predicted octanol–water partition coefficient (Wildman–Crippen LogP) is 11.0. The molecule has 0 amide bonds. The normalized spacial score (nSPS) is 11.9. The van der Waals surface area contributed by atoms with Crippen LogP contribution in [0.3, 0.4) is 0 Å². The minimum atomic E-state index is 0.535. The largest absolute Gasteiger partial charge is 0.357 e. The molecule has 2 aliphatic heterocycles. The minimum Gasteiger partial charge on any atom is -0.357 e. The van der Waals surface area contributed by atoms with Crippen LogP contribution in [0.1, 0.15) is 0 Å². The van der Waals surface area contributed by atoms with E-state index < -0.39 is 0 Å². The fourth-order valence-electron chi connectivity index (χ4n) is 8.41. The average molecular weight is 818 g/mol. The Morgan fingerprint density at radius 2 is 0.500 bits per heavy atom. The Hall–Kier alpha value is -6.91. The van der Waals surface area contributed by atoms with E-state index in [0.29, 0.717) is 45.9 Å². The fraction of sp³-hybridized carbons (Fsp3) is 0. The zero-order valence-corrected chi connectivity index (χ0v) is 33.6. The summed E-state index contributed by atoms with van der Waals surface area (Å²) in [6.45, 7) is 0. The number of fused-ring (bicyclic) bond motifs is 24. The van der Waals surface area contributed by atoms with Crippen molar-refractivity contribution in [1.29, 1.82) is 0 Å². The monoisotopic (exact) mass is 816 g/mol. The molecule has 0 spiro atoms. The van der Waals surface area contributed by atoms with Crippen LogP contribution in [-0.2, 0) is 0 Å². The maximum Gasteiger partial charge on any atom is 0.0928 e. The van der Waals surface area contributed by atoms with E-state index in [1.54, 1.807) is 0 Å². The standard InChI is InChI=1S/C48H24N8.ClH.Ga/c1-2-10-26-18-34-33(17-25(26)9-1)41-49-42(34)54-44-37-21-29-13-5-6-14-30(29)22-38(37)46(51-44)56-48-40-24-32-16-8-7-15-31(32)23-39(40)47(52-48)55-45-36-20-28-12-4-3-11-27(28)19-35(36)43(50-45)53-41;;/h1-24H;1H;/q-2;;+1/p-1. The summed E-state index contributed by atoms with van der Waals surface area (Å²) in [5.41, 5.74) is 5.67. The van der Waals surface area contributed by atoms with Gasteiger partial charge in [0.05, 0.1) is 23.3 Å². The van der Waals surface area contributed by atoms with Gasteiger partial charge in [0.1, 0.15) is 0 Å². The third-order valence-corrected chi connectivity index (χ3v) is 11.2. The van der Waals surface area contributed by atoms with Gasteiger partial charge in [-0.25, -0.2) is 9.97 Å². The molecule has 3 aromatic heterocycles. The van der Waals surface area contributed by atoms with E-state index in [4.69, 9.17) is 49.5 Å². The van der Waals surface area contributed by atoms with Crippen LogP contribution in [0.4, 0.5) is 0 Å². The summed E-state index contributed by atoms with van der Waals surface area (Å²) in [5, 5.41) is 12.2. The molecule has 8 aromatic carbocycles. The quantitative estimate of drug-likeness (QED) is 0.139. The van der Waals surface area contributed by atoms with E-state index in [9.17, 15) is 0 Å². The Bertz CT molecular complexity index is 3270. The summed E-state index contributed by atoms with van der Waals surface area (Å²) < 4.78 is 0. The Morgan fingerprint density at radius 3 is 0.724 bits per heavy atom. The van der Waals surface area contributed by atoms with Gasteiger partial charge in [-0.1, -0.05) is 97.1 Å². The van der Waals surface area contributed by atoms with Crippen LogP contribution in [0.25, 0.3) is 133 Å². The predicted molar refractivity (Wildman–Crippen MR) is 236 cm³/mol. The Labute approximate surface area is 343 Å². The molecular weight excluding hydrogens is 794 g/mol. The zero-order chi connectivity index (χ0) is 38.5. The van der Waals surface area contributed by atoms with E-state index in [0.717, 1.165) is 104 Å². The van der Waals surface area contributed by atoms with E-state index in [1.165, 1.54) is 0 Å². The van der Waals surface area contributed by atoms with Crippen molar-refractivity contribution >= 4 is 114 Å². The second-order valence-corrected chi connectivity index (χ2v) is 14.5. The molecule has 8 nitrogen and oxygen atoms in total. The topological polar surface area (TPSA) is 106 Å². The van der Waals surface area contributed by atoms with Crippen molar-refractivity contribution < 1.29 is 0 Å². The van der Waals surface area contributed by atoms with Crippen LogP contribution in [0.15, 0.2) is 146 Å². The third-order valence-electron chi connectivity index (χ3n) is 11.2. The molecule has 0 unspecified atom stereocenters. The van der Waals surface area contributed by atoms with Crippen molar-refractivity contribution in [3.8, 4) is 45.6 Å². The molecule has 0 aliphatic carbocycles. The van der Waals surface area contributed by atoms with Crippen molar-refractivity contribution in [2.24, 2.45) is 0 Å². The molecule has 0 saturated heterocycles. The maximum atomic E-state index is 5.24. The molecule has 0 atom stereocenters. The first-order chi connectivity index (χ1) is 28.7. The molecule has 5 heterocycles. The van der Waals surface area contributed by atoms with Gasteiger partial charge >= 0.3 is 27.2 Å². The van der Waals surface area contributed by atoms with Crippen molar-refractivity contribution in [2.45, 2.75) is 0 Å². The van der Waals surface area contributed by atoms with Gasteiger partial charge < -0.3 is 29.9 Å². The molecular formula is C48H24ClGaN8-2. The van der Waals surface area contributed by atoms with Crippen LogP contribution >= 0.6 is 9.64 Å². The molecule has 11 aromatic rings. The van der Waals surface area contributed by atoms with Crippen LogP contribution in [0.2, 0.25) is 0 Å². The summed E-state index contributed by atoms with van der Waals surface area (Å²) in [4.78, 5) is 41.6. The molecule has 0 saturated carbocycles. The molecule has 10 heteroatoms. The van der Waals surface area contributed by atoms with Crippen LogP contribution in [0.5, 0.6) is 0 Å². The van der Waals surface area contributed by atoms with Gasteiger partial charge in [-0.2, -0.15) is 0 Å². The number of hydrogen-bond donors (Lipinski definition) is 0. The molecule has 58 heavy (non-hydrogen) atoms. The second-order valence-electron chi connectivity index (χ2n) is 14.5. The van der Waals surface area contributed by atoms with Gasteiger partial charge in [-0.3, -0.25) is 0 Å². The number of rotatable bonds is 0. The summed E-state index contributed by atoms with van der Waals surface area (Å²) in [5.74, 6) is 2.14. The molecule has 8 bridgehead atoms. The number of aromatic nitrogens is 8. The summed E-state index contributed by atoms with van der Waals surface area (Å²) in [6, 6.07) is 50.4. The van der Waals surface area contributed by atoms with Crippen molar-refractivity contribution in [1.82, 2.24) is 39.9 Å². The van der Waals surface area contributed by atoms with E-state index in [-0.39, 0.29) is 0 Å². The fourth-order valence-corrected chi connectivity index (χ4v) is 8.41. The summed E-state index contributed by atoms with van der Waals surface area (Å²) in [7, 11) is 4.70. The SMILES string of the molecule is [Cl][Ga].c1ccc2cc3c(cc2c1)-c1nc-3nc2[n-]c(nc3nc(nc4[n-]c(n1)c1cc5ccccc5cc41)-c1cc4ccccc4cc1-3)c1cc3ccccc3cc21. The van der Waals surface area contributed by atoms with Gasteiger partial charge in [0.15, 0.2) is 0 Å². The molecule has 0 N–H and O–H groups in total. The second kappa shape index (κ2) is 12.8. The van der Waals surface area contributed by atoms with E-state index >= 15 is 0 Å². The minimum absolute atomic E-state index is 0.535. The zero-order valence-electron chi connectivity index (χ0n) is 30.4. The smallest absolute Gasteiger partial charge is 0.0928 e. The van der Waals surface area contributed by atoms with Gasteiger partial charge in [0.25, 0.3) is 0 Å². The first-order valence-corrected chi connectivity index (χ1v) is 21.9. The van der Waals surface area contributed by atoms with Crippen LogP contribution < -0.4 is 9.97 Å². The number of hydrogen-bond acceptors (Lipinski definition) is 6. The maximum absolute atomic E-state index is 5.24. The average Bonchev–Trinajstić information content (AvgIpc) is 3.98. The Kier molecular flexibility index (Phi) is 7.34. The number of nitrogens with zero attached hydrogens (tertiary/aromatic N) is 8.